The first-order valence-corrected chi connectivity index (χ1v) is 9.84. The lowest BCUT2D eigenvalue weighted by molar-refractivity contribution is -0.146. The number of aliphatic hydroxyl groups is 2. The maximum Gasteiger partial charge on any atom is 0.302 e. The average molecular weight is 364 g/mol. The van der Waals surface area contributed by atoms with Crippen molar-refractivity contribution in [1.82, 2.24) is 0 Å². The number of carbonyl (C=O) groups excluding carboxylic acids is 2. The second-order valence-corrected chi connectivity index (χ2v) is 9.23. The maximum absolute atomic E-state index is 12.3. The van der Waals surface area contributed by atoms with Gasteiger partial charge in [0.05, 0.1) is 6.10 Å². The second-order valence-electron chi connectivity index (χ2n) is 9.23. The molecule has 0 radical (unpaired) electrons. The number of aliphatic hydroxyl groups excluding tert-OH is 2. The first-order chi connectivity index (χ1) is 12.2. The molecule has 6 unspecified atom stereocenters. The molecule has 0 aromatic rings. The van der Waals surface area contributed by atoms with Crippen LogP contribution in [0.2, 0.25) is 0 Å². The highest BCUT2D eigenvalue weighted by Crippen LogP contribution is 2.56. The van der Waals surface area contributed by atoms with E-state index in [4.69, 9.17) is 4.74 Å². The lowest BCUT2D eigenvalue weighted by atomic mass is 9.51. The molecular weight excluding hydrogens is 332 g/mol. The minimum absolute atomic E-state index is 0.0212. The molecule has 3 aliphatic carbocycles. The van der Waals surface area contributed by atoms with Gasteiger partial charge in [0.2, 0.25) is 0 Å². The summed E-state index contributed by atoms with van der Waals surface area (Å²) >= 11 is 0. The highest BCUT2D eigenvalue weighted by molar-refractivity contribution is 5.80. The second kappa shape index (κ2) is 7.08. The quantitative estimate of drug-likeness (QED) is 0.592. The summed E-state index contributed by atoms with van der Waals surface area (Å²) in [5.41, 5.74) is 0.658. The van der Waals surface area contributed by atoms with E-state index in [0.29, 0.717) is 30.6 Å². The first kappa shape index (κ1) is 19.6. The SMILES string of the molecule is CC(=O)OCC(O)C1(C)C=C2CCC3C(CC(=O)CC3(C)CO)C2CC1. The molecule has 3 rings (SSSR count). The van der Waals surface area contributed by atoms with Gasteiger partial charge in [0.15, 0.2) is 0 Å². The number of allylic oxidation sites excluding steroid dienone is 1. The predicted octanol–water partition coefficient (Wildman–Crippen LogP) is 2.64. The molecule has 0 aromatic carbocycles. The van der Waals surface area contributed by atoms with Crippen LogP contribution in [0.3, 0.4) is 0 Å². The minimum Gasteiger partial charge on any atom is -0.463 e. The van der Waals surface area contributed by atoms with E-state index in [2.05, 4.69) is 13.0 Å². The smallest absolute Gasteiger partial charge is 0.302 e. The van der Waals surface area contributed by atoms with E-state index in [1.807, 2.05) is 6.92 Å². The molecule has 3 aliphatic rings. The van der Waals surface area contributed by atoms with Gasteiger partial charge < -0.3 is 14.9 Å². The molecule has 0 aromatic heterocycles. The maximum atomic E-state index is 12.3. The monoisotopic (exact) mass is 364 g/mol. The van der Waals surface area contributed by atoms with Crippen molar-refractivity contribution in [3.8, 4) is 0 Å². The van der Waals surface area contributed by atoms with E-state index in [0.717, 1.165) is 25.7 Å². The summed E-state index contributed by atoms with van der Waals surface area (Å²) in [6, 6.07) is 0. The average Bonchev–Trinajstić information content (AvgIpc) is 2.58. The molecule has 5 heteroatoms. The summed E-state index contributed by atoms with van der Waals surface area (Å²) in [5.74, 6) is 0.967. The van der Waals surface area contributed by atoms with Gasteiger partial charge in [0.1, 0.15) is 12.4 Å². The van der Waals surface area contributed by atoms with Crippen molar-refractivity contribution in [3.05, 3.63) is 11.6 Å². The molecule has 0 spiro atoms. The summed E-state index contributed by atoms with van der Waals surface area (Å²) in [7, 11) is 0. The van der Waals surface area contributed by atoms with E-state index >= 15 is 0 Å². The molecular formula is C21H32O5. The van der Waals surface area contributed by atoms with Crippen molar-refractivity contribution < 1.29 is 24.5 Å². The van der Waals surface area contributed by atoms with Crippen molar-refractivity contribution in [2.45, 2.75) is 65.4 Å². The van der Waals surface area contributed by atoms with Crippen LogP contribution in [0.4, 0.5) is 0 Å². The fourth-order valence-electron chi connectivity index (χ4n) is 5.71. The summed E-state index contributed by atoms with van der Waals surface area (Å²) in [6.45, 7) is 5.54. The van der Waals surface area contributed by atoms with Crippen LogP contribution in [0.5, 0.6) is 0 Å². The van der Waals surface area contributed by atoms with Gasteiger partial charge in [0, 0.05) is 37.2 Å². The van der Waals surface area contributed by atoms with Crippen molar-refractivity contribution in [3.63, 3.8) is 0 Å². The molecule has 2 N–H and O–H groups in total. The molecule has 0 bridgehead atoms. The molecule has 2 saturated carbocycles. The van der Waals surface area contributed by atoms with Crippen molar-refractivity contribution in [1.29, 1.82) is 0 Å². The van der Waals surface area contributed by atoms with E-state index in [9.17, 15) is 19.8 Å². The Balaban J connectivity index is 1.80. The minimum atomic E-state index is -0.715. The third-order valence-corrected chi connectivity index (χ3v) is 7.29. The zero-order valence-electron chi connectivity index (χ0n) is 16.2. The van der Waals surface area contributed by atoms with Crippen molar-refractivity contribution in [2.24, 2.45) is 28.6 Å². The summed E-state index contributed by atoms with van der Waals surface area (Å²) in [4.78, 5) is 23.4. The van der Waals surface area contributed by atoms with Crippen LogP contribution < -0.4 is 0 Å². The van der Waals surface area contributed by atoms with E-state index in [-0.39, 0.29) is 30.4 Å². The highest BCUT2D eigenvalue weighted by atomic mass is 16.5. The zero-order valence-corrected chi connectivity index (χ0v) is 16.2. The van der Waals surface area contributed by atoms with Crippen molar-refractivity contribution in [2.75, 3.05) is 13.2 Å². The third-order valence-electron chi connectivity index (χ3n) is 7.29. The Kier molecular flexibility index (Phi) is 5.33. The van der Waals surface area contributed by atoms with E-state index < -0.39 is 11.5 Å². The largest absolute Gasteiger partial charge is 0.463 e. The number of esters is 1. The number of carbonyl (C=O) groups is 2. The number of hydrogen-bond donors (Lipinski definition) is 2. The van der Waals surface area contributed by atoms with Crippen LogP contribution >= 0.6 is 0 Å². The lowest BCUT2D eigenvalue weighted by Crippen LogP contribution is -2.49. The van der Waals surface area contributed by atoms with Crippen molar-refractivity contribution >= 4 is 11.8 Å². The summed E-state index contributed by atoms with van der Waals surface area (Å²) in [5, 5.41) is 20.5. The topological polar surface area (TPSA) is 83.8 Å². The Labute approximate surface area is 155 Å². The number of Topliss-reactive ketones (excluding diaryl/α,β-unsaturated/α-hetero) is 1. The summed E-state index contributed by atoms with van der Waals surface area (Å²) < 4.78 is 5.01. The van der Waals surface area contributed by atoms with Crippen LogP contribution in [-0.4, -0.2) is 41.3 Å². The van der Waals surface area contributed by atoms with Gasteiger partial charge in [-0.15, -0.1) is 0 Å². The van der Waals surface area contributed by atoms with Crippen LogP contribution in [0, 0.1) is 28.6 Å². The molecule has 0 amide bonds. The normalized spacial score (nSPS) is 40.9. The van der Waals surface area contributed by atoms with Gasteiger partial charge in [-0.05, 0) is 43.4 Å². The molecule has 26 heavy (non-hydrogen) atoms. The summed E-state index contributed by atoms with van der Waals surface area (Å²) in [6.07, 6.45) is 6.31. The van der Waals surface area contributed by atoms with Gasteiger partial charge in [-0.3, -0.25) is 9.59 Å². The third kappa shape index (κ3) is 3.48. The van der Waals surface area contributed by atoms with Gasteiger partial charge in [-0.2, -0.15) is 0 Å². The molecule has 0 aliphatic heterocycles. The van der Waals surface area contributed by atoms with Crippen LogP contribution in [-0.2, 0) is 14.3 Å². The van der Waals surface area contributed by atoms with Crippen LogP contribution in [0.25, 0.3) is 0 Å². The van der Waals surface area contributed by atoms with E-state index in [1.165, 1.54) is 12.5 Å². The molecule has 2 fully saturated rings. The van der Waals surface area contributed by atoms with Gasteiger partial charge >= 0.3 is 5.97 Å². The molecule has 0 saturated heterocycles. The standard InChI is InChI=1S/C21H32O5/c1-13(23)26-11-19(25)20(2)7-6-16-14(9-20)4-5-18-17(16)8-15(24)10-21(18,3)12-22/h9,16-19,22,25H,4-8,10-12H2,1-3H3. The first-order valence-electron chi connectivity index (χ1n) is 9.84. The molecule has 0 heterocycles. The van der Waals surface area contributed by atoms with Crippen LogP contribution in [0.15, 0.2) is 11.6 Å². The Morgan fingerprint density at radius 2 is 2.12 bits per heavy atom. The fourth-order valence-corrected chi connectivity index (χ4v) is 5.71. The van der Waals surface area contributed by atoms with Gasteiger partial charge in [-0.25, -0.2) is 0 Å². The number of hydrogen-bond acceptors (Lipinski definition) is 5. The molecule has 6 atom stereocenters. The lowest BCUT2D eigenvalue weighted by Gasteiger charge is -2.53. The predicted molar refractivity (Wildman–Crippen MR) is 97.2 cm³/mol. The Morgan fingerprint density at radius 1 is 1.38 bits per heavy atom. The highest BCUT2D eigenvalue weighted by Gasteiger charge is 2.51. The Hall–Kier alpha value is -1.20. The Morgan fingerprint density at radius 3 is 2.77 bits per heavy atom. The fraction of sp³-hybridized carbons (Fsp3) is 0.810. The van der Waals surface area contributed by atoms with Gasteiger partial charge in [-0.1, -0.05) is 25.5 Å². The van der Waals surface area contributed by atoms with E-state index in [1.54, 1.807) is 0 Å². The van der Waals surface area contributed by atoms with Gasteiger partial charge in [0.25, 0.3) is 0 Å². The molecule has 5 nitrogen and oxygen atoms in total. The number of rotatable bonds is 4. The molecule has 146 valence electrons. The zero-order chi connectivity index (χ0) is 19.1. The number of ether oxygens (including phenoxy) is 1. The Bertz CT molecular complexity index is 612. The van der Waals surface area contributed by atoms with Crippen LogP contribution in [0.1, 0.15) is 59.3 Å². The number of ketones is 1. The number of fused-ring (bicyclic) bond motifs is 3.